The van der Waals surface area contributed by atoms with E-state index in [4.69, 9.17) is 0 Å². The summed E-state index contributed by atoms with van der Waals surface area (Å²) in [5, 5.41) is 3.00. The van der Waals surface area contributed by atoms with Crippen LogP contribution >= 0.6 is 22.7 Å². The predicted molar refractivity (Wildman–Crippen MR) is 75.3 cm³/mol. The summed E-state index contributed by atoms with van der Waals surface area (Å²) in [6.07, 6.45) is 2.25. The first-order valence-electron chi connectivity index (χ1n) is 6.06. The lowest BCUT2D eigenvalue weighted by Gasteiger charge is -2.13. The van der Waals surface area contributed by atoms with Crippen molar-refractivity contribution in [3.63, 3.8) is 0 Å². The molecular weight excluding hydrogens is 264 g/mol. The average Bonchev–Trinajstić information content (AvgIpc) is 3.10. The van der Waals surface area contributed by atoms with Crippen LogP contribution in [0.15, 0.2) is 17.5 Å². The van der Waals surface area contributed by atoms with E-state index in [2.05, 4.69) is 4.98 Å². The molecular formula is C13H14N2OS2. The standard InChI is InChI=1S/C13H14N2OS2/c1-9-11(13(16)15-6-2-3-7-15)18-12(14-9)10-5-4-8-17-10/h4-5,8H,2-3,6-7H2,1H3. The van der Waals surface area contributed by atoms with Crippen LogP contribution in [0.2, 0.25) is 0 Å². The molecule has 0 bridgehead atoms. The number of likely N-dealkylation sites (tertiary alicyclic amines) is 1. The number of aryl methyl sites for hydroxylation is 1. The van der Waals surface area contributed by atoms with Crippen LogP contribution in [0, 0.1) is 6.92 Å². The fraction of sp³-hybridized carbons (Fsp3) is 0.385. The number of rotatable bonds is 2. The van der Waals surface area contributed by atoms with E-state index in [1.807, 2.05) is 29.3 Å². The number of thiophene rings is 1. The van der Waals surface area contributed by atoms with Gasteiger partial charge in [-0.25, -0.2) is 4.98 Å². The third kappa shape index (κ3) is 2.08. The average molecular weight is 278 g/mol. The topological polar surface area (TPSA) is 33.2 Å². The Morgan fingerprint density at radius 2 is 2.17 bits per heavy atom. The van der Waals surface area contributed by atoms with Crippen LogP contribution in [-0.4, -0.2) is 28.9 Å². The Morgan fingerprint density at radius 1 is 1.39 bits per heavy atom. The van der Waals surface area contributed by atoms with Gasteiger partial charge >= 0.3 is 0 Å². The summed E-state index contributed by atoms with van der Waals surface area (Å²) in [4.78, 5) is 20.8. The lowest BCUT2D eigenvalue weighted by atomic mass is 10.3. The first kappa shape index (κ1) is 11.9. The molecule has 3 nitrogen and oxygen atoms in total. The van der Waals surface area contributed by atoms with Gasteiger partial charge in [0, 0.05) is 13.1 Å². The number of thiazole rings is 1. The van der Waals surface area contributed by atoms with Gasteiger partial charge in [-0.2, -0.15) is 0 Å². The second-order valence-electron chi connectivity index (χ2n) is 4.41. The molecule has 0 spiro atoms. The second-order valence-corrected chi connectivity index (χ2v) is 6.36. The highest BCUT2D eigenvalue weighted by Crippen LogP contribution is 2.32. The van der Waals surface area contributed by atoms with Crippen molar-refractivity contribution >= 4 is 28.6 Å². The molecule has 3 rings (SSSR count). The summed E-state index contributed by atoms with van der Waals surface area (Å²) >= 11 is 3.19. The molecule has 3 heterocycles. The summed E-state index contributed by atoms with van der Waals surface area (Å²) in [5.74, 6) is 0.158. The lowest BCUT2D eigenvalue weighted by molar-refractivity contribution is 0.0796. The molecule has 0 radical (unpaired) electrons. The maximum atomic E-state index is 12.4. The second kappa shape index (κ2) is 4.82. The SMILES string of the molecule is Cc1nc(-c2cccs2)sc1C(=O)N1CCCC1. The normalized spacial score (nSPS) is 15.3. The molecule has 1 saturated heterocycles. The van der Waals surface area contributed by atoms with Gasteiger partial charge in [0.1, 0.15) is 9.88 Å². The Balaban J connectivity index is 1.90. The van der Waals surface area contributed by atoms with E-state index in [0.717, 1.165) is 46.4 Å². The van der Waals surface area contributed by atoms with E-state index in [0.29, 0.717) is 0 Å². The third-order valence-electron chi connectivity index (χ3n) is 3.12. The molecule has 0 unspecified atom stereocenters. The molecule has 18 heavy (non-hydrogen) atoms. The summed E-state index contributed by atoms with van der Waals surface area (Å²) in [7, 11) is 0. The van der Waals surface area contributed by atoms with Crippen LogP contribution in [0.25, 0.3) is 9.88 Å². The number of hydrogen-bond donors (Lipinski definition) is 0. The summed E-state index contributed by atoms with van der Waals surface area (Å²) < 4.78 is 0. The van der Waals surface area contributed by atoms with Gasteiger partial charge in [0.05, 0.1) is 10.6 Å². The van der Waals surface area contributed by atoms with Crippen molar-refractivity contribution < 1.29 is 4.79 Å². The number of carbonyl (C=O) groups excluding carboxylic acids is 1. The maximum absolute atomic E-state index is 12.4. The van der Waals surface area contributed by atoms with E-state index in [1.54, 1.807) is 11.3 Å². The first-order valence-corrected chi connectivity index (χ1v) is 7.76. The van der Waals surface area contributed by atoms with E-state index >= 15 is 0 Å². The van der Waals surface area contributed by atoms with Crippen molar-refractivity contribution in [2.45, 2.75) is 19.8 Å². The molecule has 0 saturated carbocycles. The van der Waals surface area contributed by atoms with Crippen LogP contribution in [0.3, 0.4) is 0 Å². The zero-order chi connectivity index (χ0) is 12.5. The van der Waals surface area contributed by atoms with Crippen LogP contribution in [0.5, 0.6) is 0 Å². The molecule has 94 valence electrons. The third-order valence-corrected chi connectivity index (χ3v) is 5.30. The van der Waals surface area contributed by atoms with Gasteiger partial charge in [0.25, 0.3) is 5.91 Å². The Bertz CT molecular complexity index is 554. The predicted octanol–water partition coefficient (Wildman–Crippen LogP) is 3.42. The van der Waals surface area contributed by atoms with Crippen molar-refractivity contribution in [1.29, 1.82) is 0 Å². The highest BCUT2D eigenvalue weighted by molar-refractivity contribution is 7.22. The largest absolute Gasteiger partial charge is 0.338 e. The van der Waals surface area contributed by atoms with Crippen LogP contribution in [0.1, 0.15) is 28.2 Å². The van der Waals surface area contributed by atoms with Crippen LogP contribution in [-0.2, 0) is 0 Å². The van der Waals surface area contributed by atoms with Gasteiger partial charge < -0.3 is 4.90 Å². The summed E-state index contributed by atoms with van der Waals surface area (Å²) in [6.45, 7) is 3.71. The smallest absolute Gasteiger partial charge is 0.265 e. The molecule has 0 aromatic carbocycles. The van der Waals surface area contributed by atoms with Gasteiger partial charge in [-0.05, 0) is 31.2 Å². The zero-order valence-electron chi connectivity index (χ0n) is 10.2. The lowest BCUT2D eigenvalue weighted by Crippen LogP contribution is -2.27. The number of nitrogens with zero attached hydrogens (tertiary/aromatic N) is 2. The van der Waals surface area contributed by atoms with Gasteiger partial charge in [-0.15, -0.1) is 22.7 Å². The quantitative estimate of drug-likeness (QED) is 0.843. The fourth-order valence-corrected chi connectivity index (χ4v) is 4.00. The molecule has 1 fully saturated rings. The zero-order valence-corrected chi connectivity index (χ0v) is 11.8. The van der Waals surface area contributed by atoms with E-state index in [9.17, 15) is 4.79 Å². The van der Waals surface area contributed by atoms with E-state index in [1.165, 1.54) is 11.3 Å². The van der Waals surface area contributed by atoms with Crippen molar-refractivity contribution in [3.8, 4) is 9.88 Å². The van der Waals surface area contributed by atoms with Crippen molar-refractivity contribution in [1.82, 2.24) is 9.88 Å². The van der Waals surface area contributed by atoms with Gasteiger partial charge in [0.2, 0.25) is 0 Å². The summed E-state index contributed by atoms with van der Waals surface area (Å²) in [6, 6.07) is 4.06. The fourth-order valence-electron chi connectivity index (χ4n) is 2.16. The molecule has 1 aliphatic heterocycles. The highest BCUT2D eigenvalue weighted by Gasteiger charge is 2.24. The van der Waals surface area contributed by atoms with Crippen molar-refractivity contribution in [2.75, 3.05) is 13.1 Å². The first-order chi connectivity index (χ1) is 8.75. The van der Waals surface area contributed by atoms with Crippen LogP contribution < -0.4 is 0 Å². The molecule has 2 aromatic heterocycles. The number of hydrogen-bond acceptors (Lipinski definition) is 4. The maximum Gasteiger partial charge on any atom is 0.265 e. The Hall–Kier alpha value is -1.20. The molecule has 1 amide bonds. The summed E-state index contributed by atoms with van der Waals surface area (Å²) in [5.41, 5.74) is 0.861. The minimum absolute atomic E-state index is 0.158. The van der Waals surface area contributed by atoms with E-state index in [-0.39, 0.29) is 5.91 Å². The molecule has 0 N–H and O–H groups in total. The number of amides is 1. The molecule has 2 aromatic rings. The van der Waals surface area contributed by atoms with Crippen LogP contribution in [0.4, 0.5) is 0 Å². The monoisotopic (exact) mass is 278 g/mol. The van der Waals surface area contributed by atoms with Gasteiger partial charge in [-0.3, -0.25) is 4.79 Å². The number of carbonyl (C=O) groups is 1. The van der Waals surface area contributed by atoms with Gasteiger partial charge in [-0.1, -0.05) is 6.07 Å². The Kier molecular flexibility index (Phi) is 3.18. The van der Waals surface area contributed by atoms with E-state index < -0.39 is 0 Å². The molecule has 5 heteroatoms. The minimum Gasteiger partial charge on any atom is -0.338 e. The molecule has 0 atom stereocenters. The minimum atomic E-state index is 0.158. The Labute approximate surface area is 114 Å². The van der Waals surface area contributed by atoms with Crippen molar-refractivity contribution in [2.24, 2.45) is 0 Å². The number of aromatic nitrogens is 1. The molecule has 0 aliphatic carbocycles. The van der Waals surface area contributed by atoms with Gasteiger partial charge in [0.15, 0.2) is 0 Å². The Morgan fingerprint density at radius 3 is 2.83 bits per heavy atom. The highest BCUT2D eigenvalue weighted by atomic mass is 32.1. The van der Waals surface area contributed by atoms with Crippen molar-refractivity contribution in [3.05, 3.63) is 28.1 Å². The molecule has 1 aliphatic rings.